The normalized spacial score (nSPS) is 14.6. The van der Waals surface area contributed by atoms with Crippen molar-refractivity contribution in [3.8, 4) is 0 Å². The first-order valence-corrected chi connectivity index (χ1v) is 6.62. The van der Waals surface area contributed by atoms with Crippen molar-refractivity contribution in [3.63, 3.8) is 0 Å². The first-order valence-electron chi connectivity index (χ1n) is 6.62. The summed E-state index contributed by atoms with van der Waals surface area (Å²) in [6.07, 6.45) is 1.03. The molecule has 0 fully saturated rings. The largest absolute Gasteiger partial charge is 0.377 e. The van der Waals surface area contributed by atoms with E-state index in [1.54, 1.807) is 0 Å². The first kappa shape index (κ1) is 13.1. The Balaban J connectivity index is 2.29. The van der Waals surface area contributed by atoms with Crippen molar-refractivity contribution >= 4 is 10.8 Å². The molecule has 2 rings (SSSR count). The third kappa shape index (κ3) is 2.71. The van der Waals surface area contributed by atoms with Gasteiger partial charge in [0, 0.05) is 6.61 Å². The molecule has 2 heteroatoms. The Labute approximate surface area is 109 Å². The fraction of sp³-hybridized carbons (Fsp3) is 0.375. The summed E-state index contributed by atoms with van der Waals surface area (Å²) in [5, 5.41) is 2.48. The van der Waals surface area contributed by atoms with Gasteiger partial charge in [0.15, 0.2) is 0 Å². The van der Waals surface area contributed by atoms with Gasteiger partial charge in [-0.05, 0) is 35.7 Å². The number of nitrogens with two attached hydrogens (primary N) is 1. The number of fused-ring (bicyclic) bond motifs is 1. The third-order valence-electron chi connectivity index (χ3n) is 3.34. The second-order valence-corrected chi connectivity index (χ2v) is 4.53. The van der Waals surface area contributed by atoms with E-state index in [2.05, 4.69) is 49.4 Å². The van der Waals surface area contributed by atoms with Crippen LogP contribution in [-0.4, -0.2) is 12.7 Å². The Morgan fingerprint density at radius 2 is 1.78 bits per heavy atom. The molecule has 0 radical (unpaired) electrons. The molecular formula is C16H21NO. The van der Waals surface area contributed by atoms with E-state index in [9.17, 15) is 0 Å². The lowest BCUT2D eigenvalue weighted by Crippen LogP contribution is -2.28. The number of rotatable bonds is 5. The van der Waals surface area contributed by atoms with Crippen molar-refractivity contribution in [2.45, 2.75) is 32.4 Å². The first-order chi connectivity index (χ1) is 8.76. The molecule has 2 aromatic rings. The van der Waals surface area contributed by atoms with E-state index in [1.807, 2.05) is 6.92 Å². The summed E-state index contributed by atoms with van der Waals surface area (Å²) in [7, 11) is 0. The molecule has 0 amide bonds. The van der Waals surface area contributed by atoms with E-state index < -0.39 is 0 Å². The molecule has 2 unspecified atom stereocenters. The van der Waals surface area contributed by atoms with Crippen molar-refractivity contribution in [1.29, 1.82) is 0 Å². The molecule has 2 N–H and O–H groups in total. The lowest BCUT2D eigenvalue weighted by molar-refractivity contribution is 0.0414. The molecule has 0 saturated carbocycles. The van der Waals surface area contributed by atoms with E-state index in [-0.39, 0.29) is 12.1 Å². The molecule has 0 bridgehead atoms. The molecule has 2 atom stereocenters. The van der Waals surface area contributed by atoms with Crippen LogP contribution in [0.3, 0.4) is 0 Å². The average Bonchev–Trinajstić information content (AvgIpc) is 2.43. The molecule has 2 nitrogen and oxygen atoms in total. The van der Waals surface area contributed by atoms with E-state index in [1.165, 1.54) is 10.8 Å². The van der Waals surface area contributed by atoms with Crippen LogP contribution in [0, 0.1) is 0 Å². The highest BCUT2D eigenvalue weighted by Crippen LogP contribution is 2.23. The van der Waals surface area contributed by atoms with Crippen LogP contribution >= 0.6 is 0 Å². The predicted molar refractivity (Wildman–Crippen MR) is 76.6 cm³/mol. The molecule has 0 aliphatic heterocycles. The van der Waals surface area contributed by atoms with E-state index in [0.717, 1.165) is 12.0 Å². The van der Waals surface area contributed by atoms with Gasteiger partial charge in [0.05, 0.1) is 12.1 Å². The summed E-state index contributed by atoms with van der Waals surface area (Å²) >= 11 is 0. The molecule has 18 heavy (non-hydrogen) atoms. The van der Waals surface area contributed by atoms with Crippen LogP contribution in [0.1, 0.15) is 31.9 Å². The Hall–Kier alpha value is -1.38. The summed E-state index contributed by atoms with van der Waals surface area (Å²) in [5.74, 6) is 0. The maximum absolute atomic E-state index is 6.30. The van der Waals surface area contributed by atoms with Crippen LogP contribution in [0.25, 0.3) is 10.8 Å². The minimum Gasteiger partial charge on any atom is -0.377 e. The Bertz CT molecular complexity index is 509. The van der Waals surface area contributed by atoms with Gasteiger partial charge in [0.1, 0.15) is 0 Å². The van der Waals surface area contributed by atoms with Gasteiger partial charge in [-0.15, -0.1) is 0 Å². The third-order valence-corrected chi connectivity index (χ3v) is 3.34. The second kappa shape index (κ2) is 5.98. The molecule has 0 spiro atoms. The molecule has 0 aliphatic carbocycles. The van der Waals surface area contributed by atoms with Gasteiger partial charge in [-0.25, -0.2) is 0 Å². The van der Waals surface area contributed by atoms with Crippen LogP contribution in [0.15, 0.2) is 42.5 Å². The molecule has 2 aromatic carbocycles. The SMILES string of the molecule is CCOC(CC)C(N)c1ccc2ccccc2c1. The van der Waals surface area contributed by atoms with Crippen LogP contribution in [0.5, 0.6) is 0 Å². The Morgan fingerprint density at radius 1 is 1.06 bits per heavy atom. The van der Waals surface area contributed by atoms with Crippen molar-refractivity contribution in [2.75, 3.05) is 6.61 Å². The maximum Gasteiger partial charge on any atom is 0.0764 e. The molecule has 0 saturated heterocycles. The minimum atomic E-state index is -0.0560. The molecular weight excluding hydrogens is 222 g/mol. The molecule has 96 valence electrons. The van der Waals surface area contributed by atoms with Gasteiger partial charge in [-0.3, -0.25) is 0 Å². The van der Waals surface area contributed by atoms with Gasteiger partial charge in [0.2, 0.25) is 0 Å². The zero-order chi connectivity index (χ0) is 13.0. The lowest BCUT2D eigenvalue weighted by atomic mass is 9.97. The quantitative estimate of drug-likeness (QED) is 0.870. The zero-order valence-corrected chi connectivity index (χ0v) is 11.1. The van der Waals surface area contributed by atoms with E-state index >= 15 is 0 Å². The van der Waals surface area contributed by atoms with Crippen LogP contribution in [0.4, 0.5) is 0 Å². The fourth-order valence-corrected chi connectivity index (χ4v) is 2.32. The summed E-state index contributed by atoms with van der Waals surface area (Å²) in [6.45, 7) is 4.83. The van der Waals surface area contributed by atoms with E-state index in [4.69, 9.17) is 10.5 Å². The number of benzene rings is 2. The van der Waals surface area contributed by atoms with Crippen LogP contribution < -0.4 is 5.73 Å². The highest BCUT2D eigenvalue weighted by molar-refractivity contribution is 5.83. The van der Waals surface area contributed by atoms with Gasteiger partial charge in [0.25, 0.3) is 0 Å². The smallest absolute Gasteiger partial charge is 0.0764 e. The molecule has 0 heterocycles. The van der Waals surface area contributed by atoms with Gasteiger partial charge in [-0.1, -0.05) is 43.3 Å². The van der Waals surface area contributed by atoms with E-state index in [0.29, 0.717) is 6.61 Å². The standard InChI is InChI=1S/C16H21NO/c1-3-15(18-4-2)16(17)14-10-9-12-7-5-6-8-13(12)11-14/h5-11,15-16H,3-4,17H2,1-2H3. The van der Waals surface area contributed by atoms with Crippen molar-refractivity contribution in [2.24, 2.45) is 5.73 Å². The van der Waals surface area contributed by atoms with Crippen LogP contribution in [0.2, 0.25) is 0 Å². The minimum absolute atomic E-state index is 0.0560. The second-order valence-electron chi connectivity index (χ2n) is 4.53. The van der Waals surface area contributed by atoms with Crippen molar-refractivity contribution < 1.29 is 4.74 Å². The monoisotopic (exact) mass is 243 g/mol. The average molecular weight is 243 g/mol. The summed E-state index contributed by atoms with van der Waals surface area (Å²) < 4.78 is 5.69. The topological polar surface area (TPSA) is 35.2 Å². The zero-order valence-electron chi connectivity index (χ0n) is 11.1. The summed E-state index contributed by atoms with van der Waals surface area (Å²) in [4.78, 5) is 0. The lowest BCUT2D eigenvalue weighted by Gasteiger charge is -2.23. The highest BCUT2D eigenvalue weighted by atomic mass is 16.5. The van der Waals surface area contributed by atoms with Gasteiger partial charge < -0.3 is 10.5 Å². The van der Waals surface area contributed by atoms with Crippen LogP contribution in [-0.2, 0) is 4.74 Å². The van der Waals surface area contributed by atoms with Crippen molar-refractivity contribution in [1.82, 2.24) is 0 Å². The number of hydrogen-bond acceptors (Lipinski definition) is 2. The molecule has 0 aliphatic rings. The van der Waals surface area contributed by atoms with Crippen molar-refractivity contribution in [3.05, 3.63) is 48.0 Å². The summed E-state index contributed by atoms with van der Waals surface area (Å²) in [5.41, 5.74) is 7.45. The molecule has 0 aromatic heterocycles. The van der Waals surface area contributed by atoms with Gasteiger partial charge >= 0.3 is 0 Å². The highest BCUT2D eigenvalue weighted by Gasteiger charge is 2.17. The fourth-order valence-electron chi connectivity index (χ4n) is 2.32. The maximum atomic E-state index is 6.30. The Kier molecular flexibility index (Phi) is 4.34. The summed E-state index contributed by atoms with van der Waals surface area (Å²) in [6, 6.07) is 14.7. The van der Waals surface area contributed by atoms with Gasteiger partial charge in [-0.2, -0.15) is 0 Å². The number of hydrogen-bond donors (Lipinski definition) is 1. The Morgan fingerprint density at radius 3 is 2.44 bits per heavy atom. The number of ether oxygens (including phenoxy) is 1. The predicted octanol–water partition coefficient (Wildman–Crippen LogP) is 3.65.